The summed E-state index contributed by atoms with van der Waals surface area (Å²) < 4.78 is 13.9. The van der Waals surface area contributed by atoms with Crippen LogP contribution in [0.5, 0.6) is 0 Å². The van der Waals surface area contributed by atoms with Crippen LogP contribution in [0.3, 0.4) is 0 Å². The Morgan fingerprint density at radius 2 is 0.821 bits per heavy atom. The maximum absolute atomic E-state index is 6.98. The molecule has 2 aromatic heterocycles. The van der Waals surface area contributed by atoms with Gasteiger partial charge >= 0.3 is 0 Å². The van der Waals surface area contributed by atoms with Crippen molar-refractivity contribution in [1.82, 2.24) is 0 Å². The molecule has 0 atom stereocenters. The Morgan fingerprint density at radius 1 is 0.373 bits per heavy atom. The highest BCUT2D eigenvalue weighted by Gasteiger charge is 2.38. The van der Waals surface area contributed by atoms with Gasteiger partial charge in [-0.1, -0.05) is 177 Å². The third kappa shape index (κ3) is 6.33. The molecule has 0 bridgehead atoms. The van der Waals surface area contributed by atoms with Gasteiger partial charge in [0.15, 0.2) is 11.2 Å². The number of fused-ring (bicyclic) bond motifs is 11. The monoisotopic (exact) mass is 870 g/mol. The molecule has 67 heavy (non-hydrogen) atoms. The standard InChI is InChI=1S/C63H54N2O2/c1-61(2,3)51-27-15-23-47-49-25-17-29-54(59(49)66-57(47)51)64(40-19-11-9-12-20-40)42-32-35-44-39(37-42)31-34-46-45-36-33-43(38-53(45)63(7,8)56(44)46)65(41-21-13-10-14-22-41)55-30-18-26-50-48-24-16-28-52(62(4,5)6)58(48)67-60(50)55/h9-38H,1-8H3. The van der Waals surface area contributed by atoms with Gasteiger partial charge in [0.1, 0.15) is 11.2 Å². The second kappa shape index (κ2) is 14.7. The lowest BCUT2D eigenvalue weighted by molar-refractivity contribution is 0.572. The van der Waals surface area contributed by atoms with Crippen molar-refractivity contribution in [1.29, 1.82) is 0 Å². The first kappa shape index (κ1) is 40.9. The van der Waals surface area contributed by atoms with E-state index >= 15 is 0 Å². The molecule has 0 saturated carbocycles. The molecule has 0 N–H and O–H groups in total. The van der Waals surface area contributed by atoms with Gasteiger partial charge in [-0.3, -0.25) is 0 Å². The van der Waals surface area contributed by atoms with Crippen molar-refractivity contribution >= 4 is 88.8 Å². The Hall–Kier alpha value is -7.56. The minimum absolute atomic E-state index is 0.0670. The summed E-state index contributed by atoms with van der Waals surface area (Å²) in [5.41, 5.74) is 17.2. The van der Waals surface area contributed by atoms with E-state index in [4.69, 9.17) is 8.83 Å². The normalized spacial score (nSPS) is 13.5. The quantitative estimate of drug-likeness (QED) is 0.167. The van der Waals surface area contributed by atoms with E-state index < -0.39 is 0 Å². The number of para-hydroxylation sites is 6. The van der Waals surface area contributed by atoms with E-state index in [2.05, 4.69) is 247 Å². The molecule has 0 amide bonds. The second-order valence-electron chi connectivity index (χ2n) is 21.0. The van der Waals surface area contributed by atoms with Gasteiger partial charge in [-0.25, -0.2) is 0 Å². The fraction of sp³-hybridized carbons (Fsp3) is 0.175. The second-order valence-corrected chi connectivity index (χ2v) is 21.0. The minimum atomic E-state index is -0.291. The van der Waals surface area contributed by atoms with Crippen LogP contribution in [0.4, 0.5) is 34.1 Å². The van der Waals surface area contributed by atoms with Crippen LogP contribution in [-0.4, -0.2) is 0 Å². The number of furan rings is 2. The van der Waals surface area contributed by atoms with Crippen molar-refractivity contribution in [3.63, 3.8) is 0 Å². The lowest BCUT2D eigenvalue weighted by atomic mass is 9.80. The first-order chi connectivity index (χ1) is 32.3. The van der Waals surface area contributed by atoms with Crippen molar-refractivity contribution in [3.8, 4) is 11.1 Å². The number of benzene rings is 9. The van der Waals surface area contributed by atoms with Gasteiger partial charge < -0.3 is 18.6 Å². The summed E-state index contributed by atoms with van der Waals surface area (Å²) in [6.07, 6.45) is 0. The maximum atomic E-state index is 6.98. The molecular weight excluding hydrogens is 817 g/mol. The zero-order valence-electron chi connectivity index (χ0n) is 39.5. The van der Waals surface area contributed by atoms with Crippen LogP contribution in [0.2, 0.25) is 0 Å². The zero-order valence-corrected chi connectivity index (χ0v) is 39.5. The van der Waals surface area contributed by atoms with E-state index in [1.807, 2.05) is 0 Å². The van der Waals surface area contributed by atoms with E-state index in [9.17, 15) is 0 Å². The molecule has 1 aliphatic carbocycles. The molecule has 0 radical (unpaired) electrons. The number of rotatable bonds is 6. The van der Waals surface area contributed by atoms with E-state index in [1.165, 1.54) is 44.2 Å². The third-order valence-electron chi connectivity index (χ3n) is 14.2. The van der Waals surface area contributed by atoms with Crippen molar-refractivity contribution in [2.24, 2.45) is 0 Å². The third-order valence-corrected chi connectivity index (χ3v) is 14.2. The predicted octanol–water partition coefficient (Wildman–Crippen LogP) is 18.5. The molecule has 11 aromatic rings. The Kier molecular flexibility index (Phi) is 8.99. The molecule has 328 valence electrons. The van der Waals surface area contributed by atoms with E-state index in [1.54, 1.807) is 0 Å². The average molecular weight is 871 g/mol. The molecule has 4 nitrogen and oxygen atoms in total. The number of hydrogen-bond acceptors (Lipinski definition) is 4. The Balaban J connectivity index is 0.988. The fourth-order valence-corrected chi connectivity index (χ4v) is 11.1. The molecule has 0 spiro atoms. The van der Waals surface area contributed by atoms with E-state index in [0.29, 0.717) is 0 Å². The number of hydrogen-bond donors (Lipinski definition) is 0. The van der Waals surface area contributed by atoms with E-state index in [-0.39, 0.29) is 16.2 Å². The molecule has 4 heteroatoms. The smallest absolute Gasteiger partial charge is 0.159 e. The van der Waals surface area contributed by atoms with Crippen LogP contribution in [-0.2, 0) is 16.2 Å². The molecule has 12 rings (SSSR count). The highest BCUT2D eigenvalue weighted by molar-refractivity contribution is 6.13. The molecular formula is C63H54N2O2. The first-order valence-electron chi connectivity index (χ1n) is 23.6. The average Bonchev–Trinajstić information content (AvgIpc) is 3.97. The number of nitrogens with zero attached hydrogens (tertiary/aromatic N) is 2. The zero-order chi connectivity index (χ0) is 46.0. The van der Waals surface area contributed by atoms with Crippen LogP contribution >= 0.6 is 0 Å². The largest absolute Gasteiger partial charge is 0.454 e. The topological polar surface area (TPSA) is 32.8 Å². The van der Waals surface area contributed by atoms with Crippen molar-refractivity contribution in [2.75, 3.05) is 9.80 Å². The van der Waals surface area contributed by atoms with Gasteiger partial charge in [-0.2, -0.15) is 0 Å². The summed E-state index contributed by atoms with van der Waals surface area (Å²) >= 11 is 0. The Morgan fingerprint density at radius 3 is 1.33 bits per heavy atom. The highest BCUT2D eigenvalue weighted by Crippen LogP contribution is 2.54. The van der Waals surface area contributed by atoms with Crippen LogP contribution in [0.1, 0.15) is 77.6 Å². The van der Waals surface area contributed by atoms with Crippen LogP contribution < -0.4 is 9.80 Å². The van der Waals surface area contributed by atoms with Crippen LogP contribution in [0, 0.1) is 0 Å². The van der Waals surface area contributed by atoms with Gasteiger partial charge in [0, 0.05) is 60.8 Å². The van der Waals surface area contributed by atoms with Crippen molar-refractivity contribution in [2.45, 2.75) is 71.6 Å². The first-order valence-corrected chi connectivity index (χ1v) is 23.6. The summed E-state index contributed by atoms with van der Waals surface area (Å²) in [7, 11) is 0. The fourth-order valence-electron chi connectivity index (χ4n) is 11.1. The van der Waals surface area contributed by atoms with Gasteiger partial charge in [-0.15, -0.1) is 0 Å². The summed E-state index contributed by atoms with van der Waals surface area (Å²) in [6.45, 7) is 18.3. The van der Waals surface area contributed by atoms with Crippen LogP contribution in [0.25, 0.3) is 65.8 Å². The molecule has 0 aliphatic heterocycles. The summed E-state index contributed by atoms with van der Waals surface area (Å²) in [4.78, 5) is 4.72. The van der Waals surface area contributed by atoms with Gasteiger partial charge in [0.2, 0.25) is 0 Å². The van der Waals surface area contributed by atoms with Gasteiger partial charge in [0.05, 0.1) is 11.4 Å². The highest BCUT2D eigenvalue weighted by atomic mass is 16.3. The number of anilines is 6. The predicted molar refractivity (Wildman–Crippen MR) is 283 cm³/mol. The molecule has 2 heterocycles. The Labute approximate surface area is 392 Å². The summed E-state index contributed by atoms with van der Waals surface area (Å²) in [5, 5.41) is 6.98. The molecule has 1 aliphatic rings. The lowest BCUT2D eigenvalue weighted by Crippen LogP contribution is -2.17. The maximum Gasteiger partial charge on any atom is 0.159 e. The molecule has 0 saturated heterocycles. The van der Waals surface area contributed by atoms with Gasteiger partial charge in [-0.05, 0) is 105 Å². The summed E-state index contributed by atoms with van der Waals surface area (Å²) in [6, 6.07) is 66.2. The van der Waals surface area contributed by atoms with Gasteiger partial charge in [0.25, 0.3) is 0 Å². The SMILES string of the molecule is CC(C)(C)c1cccc2c1oc1c(N(c3ccccc3)c3ccc4c(c3)C(C)(C)c3c-4ccc4cc(N(c5ccccc5)c5cccc6c5oc5c(C(C)(C)C)cccc56)ccc34)cccc12. The lowest BCUT2D eigenvalue weighted by Gasteiger charge is -2.28. The minimum Gasteiger partial charge on any atom is -0.454 e. The molecule has 9 aromatic carbocycles. The Bertz CT molecular complexity index is 3750. The van der Waals surface area contributed by atoms with Crippen LogP contribution in [0.15, 0.2) is 191 Å². The molecule has 0 fully saturated rings. The van der Waals surface area contributed by atoms with Crippen molar-refractivity contribution in [3.05, 3.63) is 204 Å². The molecule has 0 unspecified atom stereocenters. The van der Waals surface area contributed by atoms with Crippen molar-refractivity contribution < 1.29 is 8.83 Å². The van der Waals surface area contributed by atoms with E-state index in [0.717, 1.165) is 78.0 Å². The summed E-state index contributed by atoms with van der Waals surface area (Å²) in [5.74, 6) is 0.